The number of hydrogen-bond acceptors (Lipinski definition) is 4. The third kappa shape index (κ3) is 3.48. The average Bonchev–Trinajstić information content (AvgIpc) is 2.70. The SMILES string of the molecule is CC1=NC2=C(C(=O)CCC2)C(c2cccnc2)C1C(=O)Nc1c(F)cccc1F. The highest BCUT2D eigenvalue weighted by Gasteiger charge is 2.42. The van der Waals surface area contributed by atoms with Crippen LogP contribution in [0.15, 0.2) is 59.0 Å². The Morgan fingerprint density at radius 1 is 1.14 bits per heavy atom. The van der Waals surface area contributed by atoms with Crippen molar-refractivity contribution in [2.75, 3.05) is 5.32 Å². The monoisotopic (exact) mass is 395 g/mol. The van der Waals surface area contributed by atoms with Crippen LogP contribution in [0.4, 0.5) is 14.5 Å². The molecule has 2 aromatic rings. The quantitative estimate of drug-likeness (QED) is 0.848. The molecule has 1 aliphatic carbocycles. The van der Waals surface area contributed by atoms with Gasteiger partial charge in [-0.05, 0) is 43.5 Å². The molecule has 1 N–H and O–H groups in total. The number of anilines is 1. The van der Waals surface area contributed by atoms with Crippen molar-refractivity contribution in [3.8, 4) is 0 Å². The fourth-order valence-corrected chi connectivity index (χ4v) is 4.08. The topological polar surface area (TPSA) is 71.4 Å². The van der Waals surface area contributed by atoms with Gasteiger partial charge in [-0.3, -0.25) is 19.6 Å². The fourth-order valence-electron chi connectivity index (χ4n) is 4.08. The molecule has 1 aromatic carbocycles. The number of Topliss-reactive ketones (excluding diaryl/α,β-unsaturated/α-hetero) is 1. The van der Waals surface area contributed by atoms with Crippen molar-refractivity contribution in [1.82, 2.24) is 4.98 Å². The third-order valence-electron chi connectivity index (χ3n) is 5.37. The van der Waals surface area contributed by atoms with Gasteiger partial charge in [0.05, 0.1) is 5.92 Å². The summed E-state index contributed by atoms with van der Waals surface area (Å²) in [5.41, 5.74) is 1.88. The number of nitrogens with zero attached hydrogens (tertiary/aromatic N) is 2. The lowest BCUT2D eigenvalue weighted by molar-refractivity contribution is -0.119. The number of amides is 1. The lowest BCUT2D eigenvalue weighted by Gasteiger charge is -2.34. The molecule has 2 heterocycles. The van der Waals surface area contributed by atoms with E-state index in [4.69, 9.17) is 0 Å². The first kappa shape index (κ1) is 19.1. The summed E-state index contributed by atoms with van der Waals surface area (Å²) in [5, 5.41) is 2.36. The number of aromatic nitrogens is 1. The first-order valence-corrected chi connectivity index (χ1v) is 9.43. The number of halogens is 2. The predicted molar refractivity (Wildman–Crippen MR) is 104 cm³/mol. The lowest BCUT2D eigenvalue weighted by Crippen LogP contribution is -2.39. The Labute approximate surface area is 166 Å². The molecule has 0 radical (unpaired) electrons. The van der Waals surface area contributed by atoms with Crippen molar-refractivity contribution in [2.24, 2.45) is 10.9 Å². The largest absolute Gasteiger partial charge is 0.321 e. The fraction of sp³-hybridized carbons (Fsp3) is 0.273. The smallest absolute Gasteiger partial charge is 0.234 e. The van der Waals surface area contributed by atoms with Crippen molar-refractivity contribution < 1.29 is 18.4 Å². The maximum absolute atomic E-state index is 14.1. The van der Waals surface area contributed by atoms with E-state index >= 15 is 0 Å². The normalized spacial score (nSPS) is 21.5. The third-order valence-corrected chi connectivity index (χ3v) is 5.37. The van der Waals surface area contributed by atoms with Crippen LogP contribution in [0.3, 0.4) is 0 Å². The van der Waals surface area contributed by atoms with Gasteiger partial charge >= 0.3 is 0 Å². The van der Waals surface area contributed by atoms with E-state index in [2.05, 4.69) is 15.3 Å². The standard InChI is InChI=1S/C22H19F2N3O2/c1-12-18(22(29)27-21-14(23)6-2-7-15(21)24)19(13-5-4-10-25-11-13)20-16(26-12)8-3-9-17(20)28/h2,4-7,10-11,18-19H,3,8-9H2,1H3,(H,27,29). The van der Waals surface area contributed by atoms with Crippen LogP contribution in [-0.2, 0) is 9.59 Å². The molecular weight excluding hydrogens is 376 g/mol. The molecule has 0 fully saturated rings. The van der Waals surface area contributed by atoms with E-state index < -0.39 is 35.1 Å². The van der Waals surface area contributed by atoms with E-state index in [0.29, 0.717) is 41.8 Å². The molecule has 1 aromatic heterocycles. The number of carbonyl (C=O) groups excluding carboxylic acids is 2. The zero-order valence-corrected chi connectivity index (χ0v) is 15.8. The summed E-state index contributed by atoms with van der Waals surface area (Å²) >= 11 is 0. The van der Waals surface area contributed by atoms with Gasteiger partial charge in [-0.15, -0.1) is 0 Å². The van der Waals surface area contributed by atoms with Gasteiger partial charge in [-0.1, -0.05) is 12.1 Å². The highest BCUT2D eigenvalue weighted by atomic mass is 19.1. The van der Waals surface area contributed by atoms with E-state index in [1.54, 1.807) is 31.5 Å². The summed E-state index contributed by atoms with van der Waals surface area (Å²) in [6.45, 7) is 1.70. The molecule has 5 nitrogen and oxygen atoms in total. The molecular formula is C22H19F2N3O2. The second-order valence-electron chi connectivity index (χ2n) is 7.22. The molecule has 29 heavy (non-hydrogen) atoms. The van der Waals surface area contributed by atoms with Crippen LogP contribution >= 0.6 is 0 Å². The highest BCUT2D eigenvalue weighted by Crippen LogP contribution is 2.43. The number of allylic oxidation sites excluding steroid dienone is 2. The Morgan fingerprint density at radius 2 is 1.90 bits per heavy atom. The molecule has 1 amide bonds. The zero-order valence-electron chi connectivity index (χ0n) is 15.8. The number of hydrogen-bond donors (Lipinski definition) is 1. The van der Waals surface area contributed by atoms with Crippen LogP contribution in [-0.4, -0.2) is 22.4 Å². The summed E-state index contributed by atoms with van der Waals surface area (Å²) in [6, 6.07) is 6.90. The predicted octanol–water partition coefficient (Wildman–Crippen LogP) is 4.18. The van der Waals surface area contributed by atoms with E-state index in [9.17, 15) is 18.4 Å². The Morgan fingerprint density at radius 3 is 2.59 bits per heavy atom. The van der Waals surface area contributed by atoms with Crippen LogP contribution in [0.25, 0.3) is 0 Å². The average molecular weight is 395 g/mol. The maximum Gasteiger partial charge on any atom is 0.234 e. The molecule has 0 bridgehead atoms. The summed E-state index contributed by atoms with van der Waals surface area (Å²) in [6.07, 6.45) is 4.98. The van der Waals surface area contributed by atoms with E-state index in [-0.39, 0.29) is 5.78 Å². The number of carbonyl (C=O) groups is 2. The Kier molecular flexibility index (Phi) is 5.05. The number of para-hydroxylation sites is 1. The van der Waals surface area contributed by atoms with Gasteiger partial charge in [0.1, 0.15) is 17.3 Å². The zero-order chi connectivity index (χ0) is 20.5. The van der Waals surface area contributed by atoms with Crippen LogP contribution in [0.5, 0.6) is 0 Å². The minimum absolute atomic E-state index is 0.0498. The number of aliphatic imine (C=N–C) groups is 1. The van der Waals surface area contributed by atoms with E-state index in [1.807, 2.05) is 0 Å². The van der Waals surface area contributed by atoms with Gasteiger partial charge in [0.15, 0.2) is 5.78 Å². The van der Waals surface area contributed by atoms with Crippen molar-refractivity contribution >= 4 is 23.1 Å². The number of nitrogens with one attached hydrogen (secondary N) is 1. The molecule has 148 valence electrons. The van der Waals surface area contributed by atoms with Gasteiger partial charge in [-0.25, -0.2) is 8.78 Å². The minimum Gasteiger partial charge on any atom is -0.321 e. The molecule has 2 atom stereocenters. The Hall–Kier alpha value is -3.22. The van der Waals surface area contributed by atoms with Crippen molar-refractivity contribution in [2.45, 2.75) is 32.1 Å². The molecule has 4 rings (SSSR count). The van der Waals surface area contributed by atoms with E-state index in [1.165, 1.54) is 6.07 Å². The molecule has 2 aliphatic rings. The second kappa shape index (κ2) is 7.66. The van der Waals surface area contributed by atoms with Crippen LogP contribution < -0.4 is 5.32 Å². The number of benzene rings is 1. The molecule has 2 unspecified atom stereocenters. The van der Waals surface area contributed by atoms with Crippen molar-refractivity contribution in [3.63, 3.8) is 0 Å². The van der Waals surface area contributed by atoms with Crippen LogP contribution in [0.2, 0.25) is 0 Å². The minimum atomic E-state index is -0.876. The number of pyridine rings is 1. The molecule has 1 aliphatic heterocycles. The molecule has 0 saturated heterocycles. The summed E-state index contributed by atoms with van der Waals surface area (Å²) in [7, 11) is 0. The molecule has 7 heteroatoms. The second-order valence-corrected chi connectivity index (χ2v) is 7.22. The molecule has 0 spiro atoms. The number of ketones is 1. The maximum atomic E-state index is 14.1. The first-order chi connectivity index (χ1) is 14.0. The van der Waals surface area contributed by atoms with Gasteiger partial charge in [-0.2, -0.15) is 0 Å². The van der Waals surface area contributed by atoms with E-state index in [0.717, 1.165) is 12.1 Å². The molecule has 0 saturated carbocycles. The van der Waals surface area contributed by atoms with Gasteiger partial charge in [0, 0.05) is 41.7 Å². The van der Waals surface area contributed by atoms with Crippen molar-refractivity contribution in [3.05, 3.63) is 71.2 Å². The Bertz CT molecular complexity index is 1030. The highest BCUT2D eigenvalue weighted by molar-refractivity contribution is 6.13. The van der Waals surface area contributed by atoms with Crippen molar-refractivity contribution in [1.29, 1.82) is 0 Å². The van der Waals surface area contributed by atoms with Gasteiger partial charge in [0.25, 0.3) is 0 Å². The summed E-state index contributed by atoms with van der Waals surface area (Å²) in [4.78, 5) is 34.6. The summed E-state index contributed by atoms with van der Waals surface area (Å²) < 4.78 is 28.1. The first-order valence-electron chi connectivity index (χ1n) is 9.43. The summed E-state index contributed by atoms with van der Waals surface area (Å²) in [5.74, 6) is -3.87. The van der Waals surface area contributed by atoms with Crippen LogP contribution in [0.1, 0.15) is 37.7 Å². The van der Waals surface area contributed by atoms with Gasteiger partial charge < -0.3 is 5.32 Å². The lowest BCUT2D eigenvalue weighted by atomic mass is 9.71. The van der Waals surface area contributed by atoms with Crippen LogP contribution in [0, 0.1) is 17.6 Å². The Balaban J connectivity index is 1.78. The van der Waals surface area contributed by atoms with Gasteiger partial charge in [0.2, 0.25) is 5.91 Å². The number of rotatable bonds is 3.